The number of likely N-dealkylation sites (tertiary alicyclic amines) is 1. The Kier molecular flexibility index (Phi) is 3.58. The van der Waals surface area contributed by atoms with E-state index in [1.165, 1.54) is 32.1 Å². The number of nitrogens with one attached hydrogen (secondary N) is 1. The summed E-state index contributed by atoms with van der Waals surface area (Å²) >= 11 is 0. The molecular weight excluding hydrogens is 238 g/mol. The van der Waals surface area contributed by atoms with Crippen LogP contribution in [0, 0.1) is 0 Å². The van der Waals surface area contributed by atoms with Crippen molar-refractivity contribution in [1.29, 1.82) is 0 Å². The number of amides is 1. The van der Waals surface area contributed by atoms with Gasteiger partial charge in [0.1, 0.15) is 0 Å². The zero-order valence-corrected chi connectivity index (χ0v) is 11.7. The molecule has 0 spiro atoms. The van der Waals surface area contributed by atoms with Gasteiger partial charge in [-0.1, -0.05) is 19.3 Å². The van der Waals surface area contributed by atoms with E-state index in [1.807, 2.05) is 4.90 Å². The molecule has 4 heteroatoms. The van der Waals surface area contributed by atoms with E-state index in [0.29, 0.717) is 12.0 Å². The van der Waals surface area contributed by atoms with Crippen LogP contribution in [-0.2, 0) is 0 Å². The minimum atomic E-state index is 0.180. The summed E-state index contributed by atoms with van der Waals surface area (Å²) in [5, 5.41) is 7.24. The molecule has 2 fully saturated rings. The number of H-pyrrole nitrogens is 1. The highest BCUT2D eigenvalue weighted by molar-refractivity contribution is 5.95. The maximum atomic E-state index is 12.6. The summed E-state index contributed by atoms with van der Waals surface area (Å²) in [6.45, 7) is 3.04. The number of hydrogen-bond acceptors (Lipinski definition) is 2. The molecule has 1 aromatic heterocycles. The zero-order valence-electron chi connectivity index (χ0n) is 11.7. The first-order valence-electron chi connectivity index (χ1n) is 7.61. The third-order valence-corrected chi connectivity index (χ3v) is 4.73. The Bertz CT molecular complexity index is 448. The van der Waals surface area contributed by atoms with Gasteiger partial charge in [0.05, 0.1) is 17.5 Å². The van der Waals surface area contributed by atoms with Gasteiger partial charge in [0.2, 0.25) is 0 Å². The average molecular weight is 261 g/mol. The monoisotopic (exact) mass is 261 g/mol. The van der Waals surface area contributed by atoms with Crippen molar-refractivity contribution in [2.75, 3.05) is 6.54 Å². The van der Waals surface area contributed by atoms with Gasteiger partial charge in [0.15, 0.2) is 0 Å². The lowest BCUT2D eigenvalue weighted by Crippen LogP contribution is -2.34. The molecule has 0 bridgehead atoms. The van der Waals surface area contributed by atoms with Gasteiger partial charge in [-0.15, -0.1) is 0 Å². The largest absolute Gasteiger partial charge is 0.336 e. The molecule has 1 saturated heterocycles. The average Bonchev–Trinajstić information content (AvgIpc) is 3.07. The predicted molar refractivity (Wildman–Crippen MR) is 74.1 cm³/mol. The smallest absolute Gasteiger partial charge is 0.257 e. The maximum Gasteiger partial charge on any atom is 0.257 e. The first-order chi connectivity index (χ1) is 9.27. The fraction of sp³-hybridized carbons (Fsp3) is 0.733. The molecule has 1 amide bonds. The van der Waals surface area contributed by atoms with Crippen LogP contribution in [0.4, 0.5) is 0 Å². The molecule has 104 valence electrons. The van der Waals surface area contributed by atoms with Crippen LogP contribution in [0.2, 0.25) is 0 Å². The van der Waals surface area contributed by atoms with E-state index in [1.54, 1.807) is 6.20 Å². The van der Waals surface area contributed by atoms with Crippen molar-refractivity contribution in [3.8, 4) is 0 Å². The van der Waals surface area contributed by atoms with Crippen molar-refractivity contribution in [1.82, 2.24) is 15.1 Å². The summed E-state index contributed by atoms with van der Waals surface area (Å²) in [7, 11) is 0. The number of nitrogens with zero attached hydrogens (tertiary/aromatic N) is 2. The van der Waals surface area contributed by atoms with Crippen molar-refractivity contribution >= 4 is 5.91 Å². The molecule has 1 aromatic rings. The van der Waals surface area contributed by atoms with Crippen LogP contribution in [0.25, 0.3) is 0 Å². The van der Waals surface area contributed by atoms with E-state index in [2.05, 4.69) is 17.1 Å². The summed E-state index contributed by atoms with van der Waals surface area (Å²) < 4.78 is 0. The molecule has 3 rings (SSSR count). The number of carbonyl (C=O) groups is 1. The first kappa shape index (κ1) is 12.7. The van der Waals surface area contributed by atoms with E-state index < -0.39 is 0 Å². The molecule has 2 heterocycles. The SMILES string of the molecule is C[C@H]1CCCN1C(=O)c1cn[nH]c1C1CCCCC1. The predicted octanol–water partition coefficient (Wildman–Crippen LogP) is 3.08. The van der Waals surface area contributed by atoms with E-state index in [0.717, 1.165) is 30.6 Å². The lowest BCUT2D eigenvalue weighted by Gasteiger charge is -2.24. The summed E-state index contributed by atoms with van der Waals surface area (Å²) in [6, 6.07) is 0.376. The molecule has 1 N–H and O–H groups in total. The van der Waals surface area contributed by atoms with Crippen LogP contribution in [0.15, 0.2) is 6.20 Å². The Balaban J connectivity index is 1.81. The Morgan fingerprint density at radius 2 is 2.05 bits per heavy atom. The second-order valence-electron chi connectivity index (χ2n) is 6.02. The number of rotatable bonds is 2. The third-order valence-electron chi connectivity index (χ3n) is 4.73. The van der Waals surface area contributed by atoms with Gasteiger partial charge in [0.25, 0.3) is 5.91 Å². The molecule has 0 radical (unpaired) electrons. The topological polar surface area (TPSA) is 49.0 Å². The van der Waals surface area contributed by atoms with Crippen molar-refractivity contribution < 1.29 is 4.79 Å². The van der Waals surface area contributed by atoms with E-state index >= 15 is 0 Å². The van der Waals surface area contributed by atoms with Crippen LogP contribution in [-0.4, -0.2) is 33.6 Å². The van der Waals surface area contributed by atoms with Gasteiger partial charge in [-0.05, 0) is 32.6 Å². The summed E-state index contributed by atoms with van der Waals surface area (Å²) in [4.78, 5) is 14.7. The van der Waals surface area contributed by atoms with E-state index in [9.17, 15) is 4.79 Å². The minimum Gasteiger partial charge on any atom is -0.336 e. The van der Waals surface area contributed by atoms with Crippen LogP contribution in [0.3, 0.4) is 0 Å². The molecule has 0 aromatic carbocycles. The second-order valence-corrected chi connectivity index (χ2v) is 6.02. The highest BCUT2D eigenvalue weighted by Gasteiger charge is 2.30. The molecule has 1 aliphatic heterocycles. The van der Waals surface area contributed by atoms with Crippen LogP contribution >= 0.6 is 0 Å². The van der Waals surface area contributed by atoms with Crippen molar-refractivity contribution in [2.45, 2.75) is 63.8 Å². The van der Waals surface area contributed by atoms with Gasteiger partial charge >= 0.3 is 0 Å². The lowest BCUT2D eigenvalue weighted by molar-refractivity contribution is 0.0745. The van der Waals surface area contributed by atoms with Crippen LogP contribution < -0.4 is 0 Å². The molecule has 1 atom stereocenters. The van der Waals surface area contributed by atoms with E-state index in [-0.39, 0.29) is 5.91 Å². The summed E-state index contributed by atoms with van der Waals surface area (Å²) in [5.74, 6) is 0.687. The quantitative estimate of drug-likeness (QED) is 0.889. The summed E-state index contributed by atoms with van der Waals surface area (Å²) in [5.41, 5.74) is 1.91. The Labute approximate surface area is 114 Å². The zero-order chi connectivity index (χ0) is 13.2. The van der Waals surface area contributed by atoms with Gasteiger partial charge in [0, 0.05) is 18.5 Å². The molecule has 4 nitrogen and oxygen atoms in total. The molecule has 0 unspecified atom stereocenters. The van der Waals surface area contributed by atoms with E-state index in [4.69, 9.17) is 0 Å². The maximum absolute atomic E-state index is 12.6. The molecule has 1 aliphatic carbocycles. The fourth-order valence-electron chi connectivity index (χ4n) is 3.56. The highest BCUT2D eigenvalue weighted by atomic mass is 16.2. The van der Waals surface area contributed by atoms with Gasteiger partial charge in [-0.2, -0.15) is 5.10 Å². The van der Waals surface area contributed by atoms with Crippen molar-refractivity contribution in [3.05, 3.63) is 17.5 Å². The molecule has 1 saturated carbocycles. The minimum absolute atomic E-state index is 0.180. The standard InChI is InChI=1S/C15H23N3O/c1-11-6-5-9-18(11)15(19)13-10-16-17-14(13)12-7-3-2-4-8-12/h10-12H,2-9H2,1H3,(H,16,17)/t11-/m0/s1. The Morgan fingerprint density at radius 1 is 1.26 bits per heavy atom. The van der Waals surface area contributed by atoms with Crippen molar-refractivity contribution in [3.63, 3.8) is 0 Å². The number of aromatic amines is 1. The Hall–Kier alpha value is -1.32. The third kappa shape index (κ3) is 2.40. The molecule has 2 aliphatic rings. The summed E-state index contributed by atoms with van der Waals surface area (Å²) in [6.07, 6.45) is 10.3. The normalized spacial score (nSPS) is 24.9. The van der Waals surface area contributed by atoms with Gasteiger partial charge in [-0.25, -0.2) is 0 Å². The van der Waals surface area contributed by atoms with Crippen LogP contribution in [0.5, 0.6) is 0 Å². The second kappa shape index (κ2) is 5.35. The molecule has 19 heavy (non-hydrogen) atoms. The molecular formula is C15H23N3O. The fourth-order valence-corrected chi connectivity index (χ4v) is 3.56. The van der Waals surface area contributed by atoms with Crippen LogP contribution in [0.1, 0.15) is 73.8 Å². The van der Waals surface area contributed by atoms with Crippen molar-refractivity contribution in [2.24, 2.45) is 0 Å². The van der Waals surface area contributed by atoms with Gasteiger partial charge in [-0.3, -0.25) is 9.89 Å². The number of aromatic nitrogens is 2. The highest BCUT2D eigenvalue weighted by Crippen LogP contribution is 2.34. The Morgan fingerprint density at radius 3 is 2.74 bits per heavy atom. The first-order valence-corrected chi connectivity index (χ1v) is 7.61. The van der Waals surface area contributed by atoms with Gasteiger partial charge < -0.3 is 4.90 Å². The number of carbonyl (C=O) groups excluding carboxylic acids is 1. The lowest BCUT2D eigenvalue weighted by atomic mass is 9.85. The number of hydrogen-bond donors (Lipinski definition) is 1.